The minimum absolute atomic E-state index is 0.0846. The van der Waals surface area contributed by atoms with Crippen LogP contribution >= 0.6 is 11.6 Å². The number of aromatic nitrogens is 2. The number of anilines is 2. The highest BCUT2D eigenvalue weighted by molar-refractivity contribution is 6.31. The zero-order valence-corrected chi connectivity index (χ0v) is 11.1. The minimum atomic E-state index is -0.597. The van der Waals surface area contributed by atoms with Gasteiger partial charge in [-0.3, -0.25) is 0 Å². The number of nitrogens with zero attached hydrogens (tertiary/aromatic N) is 3. The summed E-state index contributed by atoms with van der Waals surface area (Å²) < 4.78 is 13.5. The molecule has 4 nitrogen and oxygen atoms in total. The van der Waals surface area contributed by atoms with Gasteiger partial charge < -0.3 is 5.32 Å². The fourth-order valence-electron chi connectivity index (χ4n) is 1.52. The Morgan fingerprint density at radius 1 is 1.26 bits per heavy atom. The van der Waals surface area contributed by atoms with Gasteiger partial charge in [0, 0.05) is 0 Å². The maximum Gasteiger partial charge on any atom is 0.172 e. The average Bonchev–Trinajstić information content (AvgIpc) is 2.36. The summed E-state index contributed by atoms with van der Waals surface area (Å²) in [4.78, 5) is 8.35. The Balaban J connectivity index is 2.45. The summed E-state index contributed by atoms with van der Waals surface area (Å²) in [6.45, 7) is 3.58. The minimum Gasteiger partial charge on any atom is -0.336 e. The number of benzene rings is 1. The number of aryl methyl sites for hydroxylation is 2. The van der Waals surface area contributed by atoms with E-state index in [0.29, 0.717) is 17.2 Å². The van der Waals surface area contributed by atoms with Crippen molar-refractivity contribution in [3.63, 3.8) is 0 Å². The van der Waals surface area contributed by atoms with E-state index >= 15 is 0 Å². The summed E-state index contributed by atoms with van der Waals surface area (Å²) in [5.74, 6) is -0.299. The number of nitriles is 1. The molecule has 2 aromatic rings. The van der Waals surface area contributed by atoms with E-state index in [1.54, 1.807) is 26.0 Å². The molecule has 0 aliphatic carbocycles. The van der Waals surface area contributed by atoms with Gasteiger partial charge in [-0.2, -0.15) is 5.26 Å². The van der Waals surface area contributed by atoms with Crippen molar-refractivity contribution in [2.75, 3.05) is 5.32 Å². The van der Waals surface area contributed by atoms with Gasteiger partial charge in [0.15, 0.2) is 11.0 Å². The molecule has 6 heteroatoms. The number of nitrogens with one attached hydrogen (secondary N) is 1. The lowest BCUT2D eigenvalue weighted by molar-refractivity contribution is 0.624. The Morgan fingerprint density at radius 2 is 1.95 bits per heavy atom. The molecular weight excluding hydrogens is 267 g/mol. The van der Waals surface area contributed by atoms with Gasteiger partial charge >= 0.3 is 0 Å². The molecule has 0 saturated heterocycles. The van der Waals surface area contributed by atoms with Crippen LogP contribution < -0.4 is 5.32 Å². The van der Waals surface area contributed by atoms with E-state index in [1.165, 1.54) is 12.1 Å². The molecule has 1 aromatic carbocycles. The van der Waals surface area contributed by atoms with Gasteiger partial charge in [-0.15, -0.1) is 0 Å². The molecule has 0 unspecified atom stereocenters. The highest BCUT2D eigenvalue weighted by Gasteiger charge is 2.12. The Kier molecular flexibility index (Phi) is 3.63. The molecule has 0 atom stereocenters. The zero-order chi connectivity index (χ0) is 14.0. The van der Waals surface area contributed by atoms with Gasteiger partial charge in [0.25, 0.3) is 0 Å². The SMILES string of the molecule is Cc1nc(Cl)c(Nc2cccc(F)c2C#N)nc1C. The van der Waals surface area contributed by atoms with Crippen molar-refractivity contribution >= 4 is 23.1 Å². The van der Waals surface area contributed by atoms with E-state index in [2.05, 4.69) is 15.3 Å². The first-order valence-electron chi connectivity index (χ1n) is 5.49. The van der Waals surface area contributed by atoms with Gasteiger partial charge in [0.05, 0.1) is 17.1 Å². The van der Waals surface area contributed by atoms with Gasteiger partial charge in [-0.1, -0.05) is 17.7 Å². The molecule has 0 fully saturated rings. The number of hydrogen-bond acceptors (Lipinski definition) is 4. The molecule has 1 heterocycles. The van der Waals surface area contributed by atoms with E-state index in [4.69, 9.17) is 16.9 Å². The van der Waals surface area contributed by atoms with Crippen molar-refractivity contribution < 1.29 is 4.39 Å². The first kappa shape index (κ1) is 13.2. The lowest BCUT2D eigenvalue weighted by Crippen LogP contribution is -2.02. The highest BCUT2D eigenvalue weighted by atomic mass is 35.5. The summed E-state index contributed by atoms with van der Waals surface area (Å²) in [5, 5.41) is 12.0. The van der Waals surface area contributed by atoms with Gasteiger partial charge in [-0.05, 0) is 26.0 Å². The zero-order valence-electron chi connectivity index (χ0n) is 10.3. The van der Waals surface area contributed by atoms with Crippen LogP contribution in [0, 0.1) is 31.0 Å². The van der Waals surface area contributed by atoms with Gasteiger partial charge in [-0.25, -0.2) is 14.4 Å². The predicted octanol–water partition coefficient (Wildman–Crippen LogP) is 3.50. The maximum atomic E-state index is 13.5. The Labute approximate surface area is 114 Å². The standard InChI is InChI=1S/C13H10ClFN4/c1-7-8(2)18-13(12(14)17-7)19-11-5-3-4-10(15)9(11)6-16/h3-5H,1-2H3,(H,18,19). The second-order valence-electron chi connectivity index (χ2n) is 3.93. The summed E-state index contributed by atoms with van der Waals surface area (Å²) in [6.07, 6.45) is 0. The summed E-state index contributed by atoms with van der Waals surface area (Å²) in [5.41, 5.74) is 1.65. The number of hydrogen-bond donors (Lipinski definition) is 1. The van der Waals surface area contributed by atoms with Crippen LogP contribution in [-0.2, 0) is 0 Å². The third-order valence-corrected chi connectivity index (χ3v) is 2.91. The second kappa shape index (κ2) is 5.21. The summed E-state index contributed by atoms with van der Waals surface area (Å²) >= 11 is 5.97. The molecule has 0 bridgehead atoms. The van der Waals surface area contributed by atoms with Crippen molar-refractivity contribution in [3.8, 4) is 6.07 Å². The van der Waals surface area contributed by atoms with Crippen LogP contribution in [0.15, 0.2) is 18.2 Å². The molecule has 96 valence electrons. The van der Waals surface area contributed by atoms with Crippen LogP contribution in [0.1, 0.15) is 17.0 Å². The largest absolute Gasteiger partial charge is 0.336 e. The molecule has 0 aliphatic rings. The topological polar surface area (TPSA) is 61.6 Å². The van der Waals surface area contributed by atoms with E-state index in [9.17, 15) is 4.39 Å². The van der Waals surface area contributed by atoms with Crippen molar-refractivity contribution in [2.45, 2.75) is 13.8 Å². The molecule has 1 N–H and O–H groups in total. The summed E-state index contributed by atoms with van der Waals surface area (Å²) in [7, 11) is 0. The number of halogens is 2. The van der Waals surface area contributed by atoms with Crippen LogP contribution in [0.4, 0.5) is 15.9 Å². The fourth-order valence-corrected chi connectivity index (χ4v) is 1.74. The second-order valence-corrected chi connectivity index (χ2v) is 4.29. The van der Waals surface area contributed by atoms with Crippen LogP contribution in [-0.4, -0.2) is 9.97 Å². The molecular formula is C13H10ClFN4. The molecule has 0 spiro atoms. The van der Waals surface area contributed by atoms with E-state index in [1.807, 2.05) is 0 Å². The van der Waals surface area contributed by atoms with Crippen molar-refractivity contribution in [1.29, 1.82) is 5.26 Å². The smallest absolute Gasteiger partial charge is 0.172 e. The van der Waals surface area contributed by atoms with Crippen LogP contribution in [0.25, 0.3) is 0 Å². The first-order chi connectivity index (χ1) is 9.02. The predicted molar refractivity (Wildman–Crippen MR) is 70.9 cm³/mol. The van der Waals surface area contributed by atoms with Crippen molar-refractivity contribution in [3.05, 3.63) is 46.1 Å². The highest BCUT2D eigenvalue weighted by Crippen LogP contribution is 2.26. The lowest BCUT2D eigenvalue weighted by Gasteiger charge is -2.10. The molecule has 0 radical (unpaired) electrons. The molecule has 2 rings (SSSR count). The Hall–Kier alpha value is -2.19. The van der Waals surface area contributed by atoms with E-state index in [-0.39, 0.29) is 10.7 Å². The van der Waals surface area contributed by atoms with Crippen molar-refractivity contribution in [2.24, 2.45) is 0 Å². The van der Waals surface area contributed by atoms with Crippen LogP contribution in [0.5, 0.6) is 0 Å². The third-order valence-electron chi connectivity index (χ3n) is 2.64. The average molecular weight is 277 g/mol. The van der Waals surface area contributed by atoms with Gasteiger partial charge in [0.1, 0.15) is 17.4 Å². The quantitative estimate of drug-likeness (QED) is 0.912. The Morgan fingerprint density at radius 3 is 2.63 bits per heavy atom. The van der Waals surface area contributed by atoms with Gasteiger partial charge in [0.2, 0.25) is 0 Å². The van der Waals surface area contributed by atoms with Crippen molar-refractivity contribution in [1.82, 2.24) is 9.97 Å². The summed E-state index contributed by atoms with van der Waals surface area (Å²) in [6, 6.07) is 6.10. The molecule has 0 amide bonds. The first-order valence-corrected chi connectivity index (χ1v) is 5.87. The van der Waals surface area contributed by atoms with E-state index < -0.39 is 5.82 Å². The molecule has 0 saturated carbocycles. The van der Waals surface area contributed by atoms with E-state index in [0.717, 1.165) is 5.69 Å². The molecule has 1 aromatic heterocycles. The maximum absolute atomic E-state index is 13.5. The van der Waals surface area contributed by atoms with Crippen LogP contribution in [0.2, 0.25) is 5.15 Å². The monoisotopic (exact) mass is 276 g/mol. The Bertz CT molecular complexity index is 679. The third kappa shape index (κ3) is 2.64. The molecule has 0 aliphatic heterocycles. The van der Waals surface area contributed by atoms with Crippen LogP contribution in [0.3, 0.4) is 0 Å². The molecule has 19 heavy (non-hydrogen) atoms. The lowest BCUT2D eigenvalue weighted by atomic mass is 10.2. The normalized spacial score (nSPS) is 10.1. The fraction of sp³-hybridized carbons (Fsp3) is 0.154. The number of rotatable bonds is 2.